The minimum atomic E-state index is -0.582. The molecule has 2 N–H and O–H groups in total. The van der Waals surface area contributed by atoms with Gasteiger partial charge >= 0.3 is 0 Å². The van der Waals surface area contributed by atoms with Gasteiger partial charge in [0.05, 0.1) is 5.56 Å². The summed E-state index contributed by atoms with van der Waals surface area (Å²) in [5.41, 5.74) is 0.0464. The van der Waals surface area contributed by atoms with E-state index in [2.05, 4.69) is 17.6 Å². The van der Waals surface area contributed by atoms with Crippen molar-refractivity contribution in [2.24, 2.45) is 5.92 Å². The van der Waals surface area contributed by atoms with Crippen molar-refractivity contribution < 1.29 is 9.18 Å². The lowest BCUT2D eigenvalue weighted by molar-refractivity contribution is 0.0910. The summed E-state index contributed by atoms with van der Waals surface area (Å²) in [5.74, 6) is -0.609. The lowest BCUT2D eigenvalue weighted by atomic mass is 9.95. The Morgan fingerprint density at radius 2 is 2.26 bits per heavy atom. The SMILES string of the molecule is CC1CNCCC1NC(=O)c1ccc(Cl)cc1F.Cl. The van der Waals surface area contributed by atoms with Gasteiger partial charge in [-0.05, 0) is 43.6 Å². The van der Waals surface area contributed by atoms with Gasteiger partial charge in [0.25, 0.3) is 5.91 Å². The normalized spacial score (nSPS) is 22.5. The highest BCUT2D eigenvalue weighted by atomic mass is 35.5. The van der Waals surface area contributed by atoms with E-state index in [1.165, 1.54) is 12.1 Å². The first-order valence-corrected chi connectivity index (χ1v) is 6.42. The predicted octanol–water partition coefficient (Wildman–Crippen LogP) is 2.63. The zero-order chi connectivity index (χ0) is 13.1. The second-order valence-electron chi connectivity index (χ2n) is 4.67. The Kier molecular flexibility index (Phi) is 6.04. The van der Waals surface area contributed by atoms with Crippen LogP contribution < -0.4 is 10.6 Å². The molecule has 1 aliphatic heterocycles. The minimum absolute atomic E-state index is 0. The van der Waals surface area contributed by atoms with Crippen LogP contribution in [-0.2, 0) is 0 Å². The molecule has 1 amide bonds. The molecule has 0 aliphatic carbocycles. The van der Waals surface area contributed by atoms with Crippen molar-refractivity contribution in [3.8, 4) is 0 Å². The number of hydrogen-bond donors (Lipinski definition) is 2. The Bertz CT molecular complexity index is 456. The molecule has 0 radical (unpaired) electrons. The van der Waals surface area contributed by atoms with Crippen LogP contribution in [-0.4, -0.2) is 25.0 Å². The highest BCUT2D eigenvalue weighted by Gasteiger charge is 2.24. The molecule has 3 nitrogen and oxygen atoms in total. The van der Waals surface area contributed by atoms with Gasteiger partial charge < -0.3 is 10.6 Å². The summed E-state index contributed by atoms with van der Waals surface area (Å²) in [5, 5.41) is 6.43. The monoisotopic (exact) mass is 306 g/mol. The molecule has 0 aromatic heterocycles. The van der Waals surface area contributed by atoms with Gasteiger partial charge in [-0.15, -0.1) is 12.4 Å². The van der Waals surface area contributed by atoms with Gasteiger partial charge in [-0.25, -0.2) is 4.39 Å². The fourth-order valence-electron chi connectivity index (χ4n) is 2.15. The number of carbonyl (C=O) groups excluding carboxylic acids is 1. The number of rotatable bonds is 2. The van der Waals surface area contributed by atoms with Crippen molar-refractivity contribution >= 4 is 29.9 Å². The first-order valence-electron chi connectivity index (χ1n) is 6.04. The summed E-state index contributed by atoms with van der Waals surface area (Å²) in [7, 11) is 0. The van der Waals surface area contributed by atoms with Crippen molar-refractivity contribution in [1.82, 2.24) is 10.6 Å². The zero-order valence-corrected chi connectivity index (χ0v) is 12.2. The van der Waals surface area contributed by atoms with Crippen LogP contribution in [0.1, 0.15) is 23.7 Å². The average Bonchev–Trinajstić information content (AvgIpc) is 2.32. The molecule has 2 rings (SSSR count). The van der Waals surface area contributed by atoms with E-state index in [9.17, 15) is 9.18 Å². The summed E-state index contributed by atoms with van der Waals surface area (Å²) in [6.07, 6.45) is 0.863. The molecule has 0 bridgehead atoms. The third kappa shape index (κ3) is 4.06. The van der Waals surface area contributed by atoms with Crippen LogP contribution in [0.2, 0.25) is 5.02 Å². The first-order chi connectivity index (χ1) is 8.58. The smallest absolute Gasteiger partial charge is 0.254 e. The number of nitrogens with one attached hydrogen (secondary N) is 2. The molecule has 0 spiro atoms. The molecule has 19 heavy (non-hydrogen) atoms. The van der Waals surface area contributed by atoms with Crippen LogP contribution in [0.25, 0.3) is 0 Å². The fraction of sp³-hybridized carbons (Fsp3) is 0.462. The maximum absolute atomic E-state index is 13.6. The molecule has 1 heterocycles. The number of carbonyl (C=O) groups is 1. The minimum Gasteiger partial charge on any atom is -0.349 e. The number of hydrogen-bond acceptors (Lipinski definition) is 2. The molecule has 0 saturated carbocycles. The van der Waals surface area contributed by atoms with Crippen molar-refractivity contribution in [3.63, 3.8) is 0 Å². The number of halogens is 3. The lowest BCUT2D eigenvalue weighted by Crippen LogP contribution is -2.48. The van der Waals surface area contributed by atoms with Crippen LogP contribution in [0.4, 0.5) is 4.39 Å². The molecule has 106 valence electrons. The Hall–Kier alpha value is -0.840. The van der Waals surface area contributed by atoms with Gasteiger partial charge in [0.2, 0.25) is 0 Å². The van der Waals surface area contributed by atoms with Gasteiger partial charge in [-0.1, -0.05) is 18.5 Å². The Labute approximate surface area is 123 Å². The van der Waals surface area contributed by atoms with Gasteiger partial charge in [-0.2, -0.15) is 0 Å². The molecule has 6 heteroatoms. The van der Waals surface area contributed by atoms with E-state index in [4.69, 9.17) is 11.6 Å². The predicted molar refractivity (Wildman–Crippen MR) is 76.6 cm³/mol. The highest BCUT2D eigenvalue weighted by Crippen LogP contribution is 2.16. The molecule has 1 aromatic carbocycles. The largest absolute Gasteiger partial charge is 0.349 e. The Morgan fingerprint density at radius 3 is 2.89 bits per heavy atom. The Balaban J connectivity index is 0.00000180. The third-order valence-corrected chi connectivity index (χ3v) is 3.51. The average molecular weight is 307 g/mol. The van der Waals surface area contributed by atoms with Crippen LogP contribution in [0, 0.1) is 11.7 Å². The highest BCUT2D eigenvalue weighted by molar-refractivity contribution is 6.30. The first kappa shape index (κ1) is 16.2. The quantitative estimate of drug-likeness (QED) is 0.882. The third-order valence-electron chi connectivity index (χ3n) is 3.28. The van der Waals surface area contributed by atoms with Gasteiger partial charge in [-0.3, -0.25) is 4.79 Å². The van der Waals surface area contributed by atoms with E-state index in [1.807, 2.05) is 0 Å². The zero-order valence-electron chi connectivity index (χ0n) is 10.6. The summed E-state index contributed by atoms with van der Waals surface area (Å²) < 4.78 is 13.6. The molecule has 1 fully saturated rings. The van der Waals surface area contributed by atoms with Crippen LogP contribution in [0.3, 0.4) is 0 Å². The van der Waals surface area contributed by atoms with E-state index in [1.54, 1.807) is 0 Å². The summed E-state index contributed by atoms with van der Waals surface area (Å²) in [4.78, 5) is 12.0. The summed E-state index contributed by atoms with van der Waals surface area (Å²) >= 11 is 5.66. The van der Waals surface area contributed by atoms with E-state index < -0.39 is 5.82 Å². The van der Waals surface area contributed by atoms with E-state index in [-0.39, 0.29) is 29.9 Å². The van der Waals surface area contributed by atoms with Crippen LogP contribution in [0.15, 0.2) is 18.2 Å². The van der Waals surface area contributed by atoms with Crippen molar-refractivity contribution in [2.45, 2.75) is 19.4 Å². The maximum Gasteiger partial charge on any atom is 0.254 e. The van der Waals surface area contributed by atoms with Crippen molar-refractivity contribution in [1.29, 1.82) is 0 Å². The standard InChI is InChI=1S/C13H16ClFN2O.ClH/c1-8-7-16-5-4-12(8)17-13(18)10-3-2-9(14)6-11(10)15;/h2-3,6,8,12,16H,4-5,7H2,1H3,(H,17,18);1H. The molecule has 2 unspecified atom stereocenters. The van der Waals surface area contributed by atoms with E-state index >= 15 is 0 Å². The van der Waals surface area contributed by atoms with E-state index in [0.717, 1.165) is 25.6 Å². The molecule has 1 aromatic rings. The number of piperidine rings is 1. The Morgan fingerprint density at radius 1 is 1.53 bits per heavy atom. The topological polar surface area (TPSA) is 41.1 Å². The molecule has 1 saturated heterocycles. The molecular weight excluding hydrogens is 290 g/mol. The van der Waals surface area contributed by atoms with Crippen molar-refractivity contribution in [2.75, 3.05) is 13.1 Å². The van der Waals surface area contributed by atoms with Gasteiger partial charge in [0.1, 0.15) is 5.82 Å². The number of amides is 1. The second-order valence-corrected chi connectivity index (χ2v) is 5.11. The van der Waals surface area contributed by atoms with Gasteiger partial charge in [0.15, 0.2) is 0 Å². The van der Waals surface area contributed by atoms with Crippen LogP contribution >= 0.6 is 24.0 Å². The summed E-state index contributed by atoms with van der Waals surface area (Å²) in [6.45, 7) is 3.81. The van der Waals surface area contributed by atoms with E-state index in [0.29, 0.717) is 10.9 Å². The second kappa shape index (κ2) is 7.08. The van der Waals surface area contributed by atoms with Crippen molar-refractivity contribution in [3.05, 3.63) is 34.6 Å². The molecule has 2 atom stereocenters. The lowest BCUT2D eigenvalue weighted by Gasteiger charge is -2.30. The maximum atomic E-state index is 13.6. The van der Waals surface area contributed by atoms with Crippen LogP contribution in [0.5, 0.6) is 0 Å². The summed E-state index contributed by atoms with van der Waals surface area (Å²) in [6, 6.07) is 4.18. The van der Waals surface area contributed by atoms with Gasteiger partial charge in [0, 0.05) is 11.1 Å². The molecule has 1 aliphatic rings. The fourth-order valence-corrected chi connectivity index (χ4v) is 2.31. The molecular formula is C13H17Cl2FN2O. The number of benzene rings is 1.